The molecule has 0 fully saturated rings. The van der Waals surface area contributed by atoms with Crippen LogP contribution in [0.25, 0.3) is 17.0 Å². The first-order valence-electron chi connectivity index (χ1n) is 8.71. The van der Waals surface area contributed by atoms with Crippen LogP contribution in [0.2, 0.25) is 0 Å². The maximum absolute atomic E-state index is 6.08. The number of nitrogen functional groups attached to an aromatic ring is 1. The van der Waals surface area contributed by atoms with Gasteiger partial charge in [0.15, 0.2) is 23.0 Å². The van der Waals surface area contributed by atoms with Crippen molar-refractivity contribution in [2.45, 2.75) is 6.54 Å². The number of nitrogens with zero attached hydrogens (tertiary/aromatic N) is 4. The molecule has 0 amide bonds. The third-order valence-electron chi connectivity index (χ3n) is 4.31. The van der Waals surface area contributed by atoms with E-state index in [1.54, 1.807) is 14.2 Å². The molecule has 0 aliphatic rings. The summed E-state index contributed by atoms with van der Waals surface area (Å²) in [7, 11) is 3.18. The van der Waals surface area contributed by atoms with Gasteiger partial charge in [-0.2, -0.15) is 9.50 Å². The van der Waals surface area contributed by atoms with E-state index in [0.717, 1.165) is 11.1 Å². The van der Waals surface area contributed by atoms with Crippen molar-refractivity contribution in [1.29, 1.82) is 0 Å². The van der Waals surface area contributed by atoms with E-state index < -0.39 is 0 Å². The first kappa shape index (κ1) is 17.6. The standard InChI is InChI=1S/C20H20N6O2/c1-27-15-9-8-14(10-16(15)28-2)19-24-18-11-17(23-20(21)26(18)25-19)22-12-13-6-4-3-5-7-13/h3-11,22H,12H2,1-2H3,(H2,21,23). The second-order valence-electron chi connectivity index (χ2n) is 6.11. The van der Waals surface area contributed by atoms with Crippen molar-refractivity contribution in [3.63, 3.8) is 0 Å². The molecule has 8 heteroatoms. The van der Waals surface area contributed by atoms with Gasteiger partial charge in [-0.1, -0.05) is 30.3 Å². The molecule has 0 spiro atoms. The molecule has 0 radical (unpaired) electrons. The zero-order chi connectivity index (χ0) is 19.5. The van der Waals surface area contributed by atoms with E-state index in [9.17, 15) is 0 Å². The van der Waals surface area contributed by atoms with Crippen molar-refractivity contribution in [2.24, 2.45) is 0 Å². The highest BCUT2D eigenvalue weighted by Crippen LogP contribution is 2.31. The number of fused-ring (bicyclic) bond motifs is 1. The second kappa shape index (κ2) is 7.43. The van der Waals surface area contributed by atoms with Crippen LogP contribution < -0.4 is 20.5 Å². The fourth-order valence-electron chi connectivity index (χ4n) is 2.89. The van der Waals surface area contributed by atoms with Crippen LogP contribution in [0, 0.1) is 0 Å². The lowest BCUT2D eigenvalue weighted by molar-refractivity contribution is 0.355. The van der Waals surface area contributed by atoms with Crippen LogP contribution in [-0.4, -0.2) is 33.8 Å². The quantitative estimate of drug-likeness (QED) is 0.533. The zero-order valence-corrected chi connectivity index (χ0v) is 15.6. The molecule has 0 aliphatic heterocycles. The van der Waals surface area contributed by atoms with Crippen LogP contribution >= 0.6 is 0 Å². The van der Waals surface area contributed by atoms with Gasteiger partial charge in [0.2, 0.25) is 5.95 Å². The Hall–Kier alpha value is -3.81. The smallest absolute Gasteiger partial charge is 0.225 e. The zero-order valence-electron chi connectivity index (χ0n) is 15.6. The SMILES string of the molecule is COc1ccc(-c2nc3cc(NCc4ccccc4)nc(N)n3n2)cc1OC. The van der Waals surface area contributed by atoms with E-state index in [1.165, 1.54) is 4.52 Å². The minimum Gasteiger partial charge on any atom is -0.493 e. The molecule has 4 rings (SSSR count). The minimum absolute atomic E-state index is 0.257. The largest absolute Gasteiger partial charge is 0.493 e. The van der Waals surface area contributed by atoms with E-state index in [1.807, 2.05) is 54.6 Å². The molecule has 28 heavy (non-hydrogen) atoms. The van der Waals surface area contributed by atoms with Crippen molar-refractivity contribution in [3.05, 3.63) is 60.2 Å². The molecule has 0 bridgehead atoms. The van der Waals surface area contributed by atoms with Gasteiger partial charge in [-0.15, -0.1) is 5.10 Å². The molecule has 0 saturated carbocycles. The van der Waals surface area contributed by atoms with Gasteiger partial charge in [-0.3, -0.25) is 0 Å². The molecule has 2 aromatic heterocycles. The van der Waals surface area contributed by atoms with E-state index in [-0.39, 0.29) is 5.95 Å². The summed E-state index contributed by atoms with van der Waals surface area (Å²) in [6.45, 7) is 0.639. The number of anilines is 2. The number of methoxy groups -OCH3 is 2. The van der Waals surface area contributed by atoms with Gasteiger partial charge in [0.1, 0.15) is 5.82 Å². The van der Waals surface area contributed by atoms with Crippen molar-refractivity contribution in [3.8, 4) is 22.9 Å². The Morgan fingerprint density at radius 3 is 2.50 bits per heavy atom. The van der Waals surface area contributed by atoms with E-state index in [0.29, 0.717) is 35.3 Å². The first-order chi connectivity index (χ1) is 13.7. The molecule has 8 nitrogen and oxygen atoms in total. The number of benzene rings is 2. The summed E-state index contributed by atoms with van der Waals surface area (Å²) < 4.78 is 12.1. The summed E-state index contributed by atoms with van der Waals surface area (Å²) in [6.07, 6.45) is 0. The topological polar surface area (TPSA) is 99.6 Å². The van der Waals surface area contributed by atoms with Crippen molar-refractivity contribution < 1.29 is 9.47 Å². The Balaban J connectivity index is 1.64. The summed E-state index contributed by atoms with van der Waals surface area (Å²) in [4.78, 5) is 8.95. The Kier molecular flexibility index (Phi) is 4.67. The molecule has 4 aromatic rings. The number of nitrogens with one attached hydrogen (secondary N) is 1. The Labute approximate surface area is 162 Å². The van der Waals surface area contributed by atoms with Crippen LogP contribution in [-0.2, 0) is 6.54 Å². The number of hydrogen-bond donors (Lipinski definition) is 2. The lowest BCUT2D eigenvalue weighted by atomic mass is 10.2. The molecule has 0 unspecified atom stereocenters. The highest BCUT2D eigenvalue weighted by atomic mass is 16.5. The number of hydrogen-bond acceptors (Lipinski definition) is 7. The van der Waals surface area contributed by atoms with Crippen LogP contribution in [0.1, 0.15) is 5.56 Å². The average Bonchev–Trinajstić information content (AvgIpc) is 3.17. The van der Waals surface area contributed by atoms with Crippen molar-refractivity contribution >= 4 is 17.4 Å². The highest BCUT2D eigenvalue weighted by Gasteiger charge is 2.13. The number of nitrogens with two attached hydrogens (primary N) is 1. The van der Waals surface area contributed by atoms with E-state index >= 15 is 0 Å². The number of rotatable bonds is 6. The fourth-order valence-corrected chi connectivity index (χ4v) is 2.89. The minimum atomic E-state index is 0.257. The number of ether oxygens (including phenoxy) is 2. The van der Waals surface area contributed by atoms with Gasteiger partial charge < -0.3 is 20.5 Å². The number of aromatic nitrogens is 4. The molecule has 0 aliphatic carbocycles. The molecule has 0 atom stereocenters. The molecular weight excluding hydrogens is 356 g/mol. The molecule has 0 saturated heterocycles. The average molecular weight is 376 g/mol. The van der Waals surface area contributed by atoms with Gasteiger partial charge >= 0.3 is 0 Å². The second-order valence-corrected chi connectivity index (χ2v) is 6.11. The predicted octanol–water partition coefficient (Wildman–Crippen LogP) is 3.00. The summed E-state index contributed by atoms with van der Waals surface area (Å²) in [5.41, 5.74) is 8.63. The Morgan fingerprint density at radius 1 is 0.964 bits per heavy atom. The summed E-state index contributed by atoms with van der Waals surface area (Å²) in [5.74, 6) is 2.67. The van der Waals surface area contributed by atoms with Gasteiger partial charge in [0, 0.05) is 18.2 Å². The van der Waals surface area contributed by atoms with Gasteiger partial charge in [0.05, 0.1) is 14.2 Å². The Bertz CT molecular complexity index is 1110. The van der Waals surface area contributed by atoms with Gasteiger partial charge in [-0.25, -0.2) is 4.98 Å². The summed E-state index contributed by atoms with van der Waals surface area (Å²) >= 11 is 0. The van der Waals surface area contributed by atoms with Gasteiger partial charge in [-0.05, 0) is 23.8 Å². The molecule has 142 valence electrons. The van der Waals surface area contributed by atoms with Crippen LogP contribution in [0.4, 0.5) is 11.8 Å². The van der Waals surface area contributed by atoms with E-state index in [2.05, 4.69) is 20.4 Å². The van der Waals surface area contributed by atoms with Crippen LogP contribution in [0.5, 0.6) is 11.5 Å². The first-order valence-corrected chi connectivity index (χ1v) is 8.71. The normalized spacial score (nSPS) is 10.8. The maximum atomic E-state index is 6.08. The van der Waals surface area contributed by atoms with Gasteiger partial charge in [0.25, 0.3) is 0 Å². The molecular formula is C20H20N6O2. The monoisotopic (exact) mass is 376 g/mol. The third-order valence-corrected chi connectivity index (χ3v) is 4.31. The van der Waals surface area contributed by atoms with Crippen molar-refractivity contribution in [2.75, 3.05) is 25.3 Å². The maximum Gasteiger partial charge on any atom is 0.225 e. The van der Waals surface area contributed by atoms with E-state index in [4.69, 9.17) is 15.2 Å². The summed E-state index contributed by atoms with van der Waals surface area (Å²) in [5, 5.41) is 7.73. The van der Waals surface area contributed by atoms with Crippen LogP contribution in [0.15, 0.2) is 54.6 Å². The predicted molar refractivity (Wildman–Crippen MR) is 108 cm³/mol. The molecule has 2 aromatic carbocycles. The molecule has 3 N–H and O–H groups in total. The van der Waals surface area contributed by atoms with Crippen molar-refractivity contribution in [1.82, 2.24) is 19.6 Å². The van der Waals surface area contributed by atoms with Crippen LogP contribution in [0.3, 0.4) is 0 Å². The highest BCUT2D eigenvalue weighted by molar-refractivity contribution is 5.65. The fraction of sp³-hybridized carbons (Fsp3) is 0.150. The lowest BCUT2D eigenvalue weighted by Crippen LogP contribution is -2.07. The Morgan fingerprint density at radius 2 is 1.75 bits per heavy atom. The third kappa shape index (κ3) is 3.39. The lowest BCUT2D eigenvalue weighted by Gasteiger charge is -2.07. The molecule has 2 heterocycles. The summed E-state index contributed by atoms with van der Waals surface area (Å²) in [6, 6.07) is 17.4.